The van der Waals surface area contributed by atoms with Crippen LogP contribution < -0.4 is 16.6 Å². The van der Waals surface area contributed by atoms with E-state index in [1.54, 1.807) is 36.4 Å². The highest BCUT2D eigenvalue weighted by Crippen LogP contribution is 2.10. The van der Waals surface area contributed by atoms with Gasteiger partial charge in [0.05, 0.1) is 10.9 Å². The molecule has 3 rings (SSSR count). The van der Waals surface area contributed by atoms with Crippen molar-refractivity contribution >= 4 is 28.4 Å². The van der Waals surface area contributed by atoms with E-state index in [1.807, 2.05) is 26.0 Å². The van der Waals surface area contributed by atoms with Gasteiger partial charge in [-0.3, -0.25) is 18.7 Å². The molecule has 0 unspecified atom stereocenters. The average Bonchev–Trinajstić information content (AvgIpc) is 2.70. The zero-order valence-electron chi connectivity index (χ0n) is 16.5. The molecular formula is C22H24ClN3O3. The second-order valence-corrected chi connectivity index (χ2v) is 7.86. The second-order valence-electron chi connectivity index (χ2n) is 7.43. The molecule has 0 atom stereocenters. The van der Waals surface area contributed by atoms with Crippen LogP contribution in [0.4, 0.5) is 0 Å². The molecule has 1 N–H and O–H groups in total. The van der Waals surface area contributed by atoms with Crippen LogP contribution in [0, 0.1) is 5.92 Å². The lowest BCUT2D eigenvalue weighted by molar-refractivity contribution is -0.121. The van der Waals surface area contributed by atoms with Crippen LogP contribution in [0.3, 0.4) is 0 Å². The molecule has 1 amide bonds. The highest BCUT2D eigenvalue weighted by molar-refractivity contribution is 6.30. The van der Waals surface area contributed by atoms with Crippen LogP contribution in [0.25, 0.3) is 10.9 Å². The fourth-order valence-electron chi connectivity index (χ4n) is 3.11. The maximum absolute atomic E-state index is 13.0. The summed E-state index contributed by atoms with van der Waals surface area (Å²) in [6, 6.07) is 14.1. The largest absolute Gasteiger partial charge is 0.350 e. The van der Waals surface area contributed by atoms with Crippen LogP contribution in [-0.2, 0) is 24.4 Å². The van der Waals surface area contributed by atoms with Gasteiger partial charge in [0.15, 0.2) is 0 Å². The van der Waals surface area contributed by atoms with Crippen molar-refractivity contribution in [2.24, 2.45) is 5.92 Å². The van der Waals surface area contributed by atoms with Crippen molar-refractivity contribution in [3.63, 3.8) is 0 Å². The number of para-hydroxylation sites is 1. The van der Waals surface area contributed by atoms with E-state index < -0.39 is 5.69 Å². The van der Waals surface area contributed by atoms with Crippen molar-refractivity contribution in [2.75, 3.05) is 0 Å². The number of hydrogen-bond acceptors (Lipinski definition) is 3. The number of fused-ring (bicyclic) bond motifs is 1. The number of nitrogens with zero attached hydrogens (tertiary/aromatic N) is 2. The lowest BCUT2D eigenvalue weighted by atomic mass is 10.1. The third kappa shape index (κ3) is 4.95. The Balaban J connectivity index is 1.89. The first-order valence-corrected chi connectivity index (χ1v) is 9.98. The van der Waals surface area contributed by atoms with Gasteiger partial charge in [0.2, 0.25) is 5.91 Å². The topological polar surface area (TPSA) is 73.1 Å². The molecule has 0 saturated heterocycles. The second kappa shape index (κ2) is 9.09. The van der Waals surface area contributed by atoms with Gasteiger partial charge >= 0.3 is 5.69 Å². The van der Waals surface area contributed by atoms with Crippen LogP contribution >= 0.6 is 11.6 Å². The molecule has 29 heavy (non-hydrogen) atoms. The average molecular weight is 414 g/mol. The van der Waals surface area contributed by atoms with Crippen molar-refractivity contribution < 1.29 is 4.79 Å². The zero-order valence-corrected chi connectivity index (χ0v) is 17.3. The van der Waals surface area contributed by atoms with Gasteiger partial charge in [-0.05, 0) is 42.2 Å². The molecule has 0 radical (unpaired) electrons. The predicted octanol–water partition coefficient (Wildman–Crippen LogP) is 3.18. The molecule has 1 aromatic heterocycles. The summed E-state index contributed by atoms with van der Waals surface area (Å²) in [5.74, 6) is 0.0464. The van der Waals surface area contributed by atoms with E-state index in [1.165, 1.54) is 9.13 Å². The van der Waals surface area contributed by atoms with Crippen molar-refractivity contribution in [3.8, 4) is 0 Å². The number of nitrogens with one attached hydrogen (secondary N) is 1. The van der Waals surface area contributed by atoms with E-state index in [2.05, 4.69) is 5.32 Å². The quantitative estimate of drug-likeness (QED) is 0.646. The summed E-state index contributed by atoms with van der Waals surface area (Å²) < 4.78 is 2.60. The molecule has 0 spiro atoms. The van der Waals surface area contributed by atoms with Crippen LogP contribution in [0.2, 0.25) is 5.02 Å². The molecule has 6 nitrogen and oxygen atoms in total. The predicted molar refractivity (Wildman–Crippen MR) is 115 cm³/mol. The number of amides is 1. The Bertz CT molecular complexity index is 1130. The number of aromatic nitrogens is 2. The smallest absolute Gasteiger partial charge is 0.331 e. The number of halogens is 1. The maximum atomic E-state index is 13.0. The van der Waals surface area contributed by atoms with E-state index in [0.717, 1.165) is 5.56 Å². The first-order valence-electron chi connectivity index (χ1n) is 9.60. The fraction of sp³-hybridized carbons (Fsp3) is 0.318. The molecule has 0 saturated carbocycles. The normalized spacial score (nSPS) is 11.2. The highest BCUT2D eigenvalue weighted by Gasteiger charge is 2.15. The summed E-state index contributed by atoms with van der Waals surface area (Å²) >= 11 is 5.87. The summed E-state index contributed by atoms with van der Waals surface area (Å²) in [6.45, 7) is 4.57. The third-order valence-corrected chi connectivity index (χ3v) is 5.02. The van der Waals surface area contributed by atoms with E-state index >= 15 is 0 Å². The van der Waals surface area contributed by atoms with Gasteiger partial charge in [-0.25, -0.2) is 4.79 Å². The molecule has 0 fully saturated rings. The highest BCUT2D eigenvalue weighted by atomic mass is 35.5. The van der Waals surface area contributed by atoms with Crippen molar-refractivity contribution in [1.82, 2.24) is 14.5 Å². The van der Waals surface area contributed by atoms with Gasteiger partial charge in [0.1, 0.15) is 6.54 Å². The minimum absolute atomic E-state index is 0.158. The van der Waals surface area contributed by atoms with Gasteiger partial charge in [0.25, 0.3) is 5.56 Å². The first-order chi connectivity index (χ1) is 13.9. The van der Waals surface area contributed by atoms with E-state index in [9.17, 15) is 14.4 Å². The van der Waals surface area contributed by atoms with E-state index in [0.29, 0.717) is 41.4 Å². The number of carbonyl (C=O) groups excluding carboxylic acids is 1. The van der Waals surface area contributed by atoms with Crippen molar-refractivity contribution in [1.29, 1.82) is 0 Å². The Morgan fingerprint density at radius 1 is 1.03 bits per heavy atom. The summed E-state index contributed by atoms with van der Waals surface area (Å²) in [4.78, 5) is 38.3. The molecule has 1 heterocycles. The number of rotatable bonds is 7. The zero-order chi connectivity index (χ0) is 21.0. The monoisotopic (exact) mass is 413 g/mol. The SMILES string of the molecule is CC(C)CCn1c(=O)c2ccccc2n(CC(=O)NCc2ccc(Cl)cc2)c1=O. The van der Waals surface area contributed by atoms with Crippen LogP contribution in [0.15, 0.2) is 58.1 Å². The van der Waals surface area contributed by atoms with Crippen LogP contribution in [0.1, 0.15) is 25.8 Å². The molecular weight excluding hydrogens is 390 g/mol. The van der Waals surface area contributed by atoms with Crippen molar-refractivity contribution in [3.05, 3.63) is 80.0 Å². The van der Waals surface area contributed by atoms with Crippen LogP contribution in [-0.4, -0.2) is 15.0 Å². The number of benzene rings is 2. The summed E-state index contributed by atoms with van der Waals surface area (Å²) in [6.07, 6.45) is 0.705. The number of hydrogen-bond donors (Lipinski definition) is 1. The lowest BCUT2D eigenvalue weighted by Crippen LogP contribution is -2.42. The molecule has 0 bridgehead atoms. The first kappa shape index (κ1) is 20.9. The Labute approximate surface area is 173 Å². The van der Waals surface area contributed by atoms with Crippen molar-refractivity contribution in [2.45, 2.75) is 39.9 Å². The fourth-order valence-corrected chi connectivity index (χ4v) is 3.24. The Morgan fingerprint density at radius 2 is 1.72 bits per heavy atom. The molecule has 7 heteroatoms. The maximum Gasteiger partial charge on any atom is 0.331 e. The van der Waals surface area contributed by atoms with E-state index in [-0.39, 0.29) is 18.0 Å². The van der Waals surface area contributed by atoms with Crippen LogP contribution in [0.5, 0.6) is 0 Å². The molecule has 0 aliphatic rings. The Kier molecular flexibility index (Phi) is 6.54. The third-order valence-electron chi connectivity index (χ3n) is 4.77. The van der Waals surface area contributed by atoms with Gasteiger partial charge in [-0.2, -0.15) is 0 Å². The molecule has 2 aromatic carbocycles. The summed E-state index contributed by atoms with van der Waals surface area (Å²) in [7, 11) is 0. The summed E-state index contributed by atoms with van der Waals surface area (Å²) in [5.41, 5.74) is 0.590. The minimum atomic E-state index is -0.462. The van der Waals surface area contributed by atoms with Gasteiger partial charge < -0.3 is 5.32 Å². The number of carbonyl (C=O) groups is 1. The Hall–Kier alpha value is -2.86. The van der Waals surface area contributed by atoms with Gasteiger partial charge in [-0.1, -0.05) is 49.7 Å². The van der Waals surface area contributed by atoms with Gasteiger partial charge in [0, 0.05) is 18.1 Å². The standard InChI is InChI=1S/C22H24ClN3O3/c1-15(2)11-12-25-21(28)18-5-3-4-6-19(18)26(22(25)29)14-20(27)24-13-16-7-9-17(23)10-8-16/h3-10,15H,11-14H2,1-2H3,(H,24,27). The molecule has 0 aliphatic carbocycles. The lowest BCUT2D eigenvalue weighted by Gasteiger charge is -2.15. The summed E-state index contributed by atoms with van der Waals surface area (Å²) in [5, 5.41) is 3.87. The molecule has 152 valence electrons. The minimum Gasteiger partial charge on any atom is -0.350 e. The van der Waals surface area contributed by atoms with Gasteiger partial charge in [-0.15, -0.1) is 0 Å². The van der Waals surface area contributed by atoms with E-state index in [4.69, 9.17) is 11.6 Å². The molecule has 3 aromatic rings. The Morgan fingerprint density at radius 3 is 2.41 bits per heavy atom. The molecule has 0 aliphatic heterocycles.